The first-order chi connectivity index (χ1) is 11.0. The van der Waals surface area contributed by atoms with E-state index in [9.17, 15) is 9.59 Å². The van der Waals surface area contributed by atoms with E-state index in [2.05, 4.69) is 26.6 Å². The molecule has 1 aliphatic rings. The first-order valence-corrected chi connectivity index (χ1v) is 8.33. The van der Waals surface area contributed by atoms with Gasteiger partial charge in [-0.15, -0.1) is 0 Å². The van der Waals surface area contributed by atoms with Gasteiger partial charge in [0.15, 0.2) is 0 Å². The van der Waals surface area contributed by atoms with Crippen molar-refractivity contribution in [1.29, 1.82) is 0 Å². The molecule has 0 radical (unpaired) electrons. The van der Waals surface area contributed by atoms with Crippen LogP contribution in [0, 0.1) is 11.8 Å². The molecule has 1 aliphatic carbocycles. The Labute approximate surface area is 147 Å². The van der Waals surface area contributed by atoms with Crippen LogP contribution in [0.15, 0.2) is 53.0 Å². The number of carbonyl (C=O) groups is 2. The van der Waals surface area contributed by atoms with Crippen LogP contribution in [0.4, 0.5) is 11.4 Å². The van der Waals surface area contributed by atoms with E-state index in [-0.39, 0.29) is 23.7 Å². The number of anilines is 2. The summed E-state index contributed by atoms with van der Waals surface area (Å²) in [5.41, 5.74) is 1.36. The van der Waals surface area contributed by atoms with Crippen LogP contribution in [0.2, 0.25) is 5.02 Å². The summed E-state index contributed by atoms with van der Waals surface area (Å²) in [4.78, 5) is 24.3. The van der Waals surface area contributed by atoms with Gasteiger partial charge in [-0.1, -0.05) is 33.6 Å². The normalized spacial score (nSPS) is 19.0. The fraction of sp³-hybridized carbons (Fsp3) is 0.176. The van der Waals surface area contributed by atoms with E-state index >= 15 is 0 Å². The number of carbonyl (C=O) groups excluding carboxylic acids is 2. The zero-order chi connectivity index (χ0) is 16.4. The number of hydrogen-bond acceptors (Lipinski definition) is 2. The summed E-state index contributed by atoms with van der Waals surface area (Å²) < 4.78 is 0.945. The molecule has 6 heteroatoms. The maximum Gasteiger partial charge on any atom is 0.228 e. The Morgan fingerprint density at radius 2 is 1.57 bits per heavy atom. The summed E-state index contributed by atoms with van der Waals surface area (Å²) in [6, 6.07) is 14.3. The van der Waals surface area contributed by atoms with Crippen LogP contribution < -0.4 is 10.6 Å². The molecular weight excluding hydrogens is 380 g/mol. The fourth-order valence-electron chi connectivity index (χ4n) is 2.34. The minimum absolute atomic E-state index is 0.126. The highest BCUT2D eigenvalue weighted by Crippen LogP contribution is 2.40. The lowest BCUT2D eigenvalue weighted by Crippen LogP contribution is -2.20. The third kappa shape index (κ3) is 4.12. The van der Waals surface area contributed by atoms with Crippen molar-refractivity contribution in [1.82, 2.24) is 0 Å². The molecule has 23 heavy (non-hydrogen) atoms. The molecule has 2 aromatic rings. The van der Waals surface area contributed by atoms with Gasteiger partial charge < -0.3 is 10.6 Å². The molecule has 2 aromatic carbocycles. The van der Waals surface area contributed by atoms with E-state index < -0.39 is 0 Å². The second kappa shape index (κ2) is 6.72. The molecule has 0 aliphatic heterocycles. The van der Waals surface area contributed by atoms with E-state index in [1.165, 1.54) is 0 Å². The highest BCUT2D eigenvalue weighted by molar-refractivity contribution is 9.10. The molecule has 3 rings (SSSR count). The summed E-state index contributed by atoms with van der Waals surface area (Å²) in [6.45, 7) is 0. The van der Waals surface area contributed by atoms with Crippen LogP contribution >= 0.6 is 27.5 Å². The number of rotatable bonds is 4. The smallest absolute Gasteiger partial charge is 0.228 e. The molecular formula is C17H14BrClN2O2. The van der Waals surface area contributed by atoms with E-state index in [4.69, 9.17) is 11.6 Å². The van der Waals surface area contributed by atoms with Gasteiger partial charge in [0.05, 0.1) is 11.8 Å². The molecule has 1 saturated carbocycles. The van der Waals surface area contributed by atoms with E-state index in [1.807, 2.05) is 24.3 Å². The van der Waals surface area contributed by atoms with Crippen molar-refractivity contribution in [3.8, 4) is 0 Å². The lowest BCUT2D eigenvalue weighted by atomic mass is 10.2. The van der Waals surface area contributed by atoms with Gasteiger partial charge in [-0.2, -0.15) is 0 Å². The topological polar surface area (TPSA) is 58.2 Å². The minimum atomic E-state index is -0.288. The maximum atomic E-state index is 12.2. The van der Waals surface area contributed by atoms with Gasteiger partial charge in [-0.25, -0.2) is 0 Å². The van der Waals surface area contributed by atoms with Gasteiger partial charge in [0.2, 0.25) is 11.8 Å². The predicted molar refractivity (Wildman–Crippen MR) is 94.5 cm³/mol. The van der Waals surface area contributed by atoms with Crippen LogP contribution in [0.1, 0.15) is 6.42 Å². The number of amides is 2. The molecule has 4 nitrogen and oxygen atoms in total. The fourth-order valence-corrected chi connectivity index (χ4v) is 2.80. The molecule has 0 bridgehead atoms. The third-order valence-electron chi connectivity index (χ3n) is 3.67. The summed E-state index contributed by atoms with van der Waals surface area (Å²) in [5, 5.41) is 6.18. The van der Waals surface area contributed by atoms with Crippen molar-refractivity contribution in [2.45, 2.75) is 6.42 Å². The Hall–Kier alpha value is -1.85. The Balaban J connectivity index is 1.55. The zero-order valence-electron chi connectivity index (χ0n) is 12.1. The first kappa shape index (κ1) is 16.0. The van der Waals surface area contributed by atoms with Crippen molar-refractivity contribution in [3.05, 3.63) is 58.0 Å². The van der Waals surface area contributed by atoms with Crippen molar-refractivity contribution in [3.63, 3.8) is 0 Å². The highest BCUT2D eigenvalue weighted by Gasteiger charge is 2.48. The lowest BCUT2D eigenvalue weighted by molar-refractivity contribution is -0.122. The van der Waals surface area contributed by atoms with E-state index in [1.54, 1.807) is 24.3 Å². The molecule has 2 amide bonds. The van der Waals surface area contributed by atoms with Gasteiger partial charge in [0, 0.05) is 20.9 Å². The Kier molecular flexibility index (Phi) is 4.68. The molecule has 0 spiro atoms. The van der Waals surface area contributed by atoms with Crippen LogP contribution in [-0.2, 0) is 9.59 Å². The monoisotopic (exact) mass is 392 g/mol. The molecule has 2 unspecified atom stereocenters. The second-order valence-electron chi connectivity index (χ2n) is 5.44. The summed E-state index contributed by atoms with van der Waals surface area (Å²) in [7, 11) is 0. The molecule has 0 aromatic heterocycles. The summed E-state index contributed by atoms with van der Waals surface area (Å²) in [6.07, 6.45) is 0.564. The molecule has 2 atom stereocenters. The first-order valence-electron chi connectivity index (χ1n) is 7.16. The van der Waals surface area contributed by atoms with Crippen LogP contribution in [0.5, 0.6) is 0 Å². The Morgan fingerprint density at radius 3 is 2.17 bits per heavy atom. The van der Waals surface area contributed by atoms with Crippen molar-refractivity contribution in [2.75, 3.05) is 10.6 Å². The van der Waals surface area contributed by atoms with Crippen molar-refractivity contribution >= 4 is 50.7 Å². The van der Waals surface area contributed by atoms with Crippen LogP contribution in [0.25, 0.3) is 0 Å². The average molecular weight is 394 g/mol. The van der Waals surface area contributed by atoms with Crippen molar-refractivity contribution < 1.29 is 9.59 Å². The van der Waals surface area contributed by atoms with Gasteiger partial charge >= 0.3 is 0 Å². The number of benzene rings is 2. The average Bonchev–Trinajstić information content (AvgIpc) is 3.30. The lowest BCUT2D eigenvalue weighted by Gasteiger charge is -2.06. The molecule has 1 fully saturated rings. The predicted octanol–water partition coefficient (Wildman–Crippen LogP) is 4.32. The second-order valence-corrected chi connectivity index (χ2v) is 6.80. The van der Waals surface area contributed by atoms with Gasteiger partial charge in [0.25, 0.3) is 0 Å². The van der Waals surface area contributed by atoms with Crippen molar-refractivity contribution in [2.24, 2.45) is 11.8 Å². The van der Waals surface area contributed by atoms with Gasteiger partial charge in [-0.05, 0) is 48.9 Å². The summed E-state index contributed by atoms with van der Waals surface area (Å²) in [5.74, 6) is -0.843. The summed E-state index contributed by atoms with van der Waals surface area (Å²) >= 11 is 9.23. The standard InChI is InChI=1S/C17H14BrClN2O2/c18-10-4-6-12(7-5-10)20-16(22)14-9-15(14)17(23)21-13-3-1-2-11(19)8-13/h1-8,14-15H,9H2,(H,20,22)(H,21,23). The largest absolute Gasteiger partial charge is 0.326 e. The molecule has 2 N–H and O–H groups in total. The third-order valence-corrected chi connectivity index (χ3v) is 4.43. The molecule has 0 saturated heterocycles. The minimum Gasteiger partial charge on any atom is -0.326 e. The Morgan fingerprint density at radius 1 is 0.957 bits per heavy atom. The Bertz CT molecular complexity index is 749. The van der Waals surface area contributed by atoms with E-state index in [0.29, 0.717) is 17.1 Å². The quantitative estimate of drug-likeness (QED) is 0.813. The van der Waals surface area contributed by atoms with E-state index in [0.717, 1.165) is 10.2 Å². The SMILES string of the molecule is O=C(Nc1ccc(Br)cc1)C1CC1C(=O)Nc1cccc(Cl)c1. The highest BCUT2D eigenvalue weighted by atomic mass is 79.9. The molecule has 118 valence electrons. The zero-order valence-corrected chi connectivity index (χ0v) is 14.4. The maximum absolute atomic E-state index is 12.2. The number of halogens is 2. The van der Waals surface area contributed by atoms with Gasteiger partial charge in [-0.3, -0.25) is 9.59 Å². The van der Waals surface area contributed by atoms with Gasteiger partial charge in [0.1, 0.15) is 0 Å². The number of nitrogens with one attached hydrogen (secondary N) is 2. The van der Waals surface area contributed by atoms with Crippen LogP contribution in [-0.4, -0.2) is 11.8 Å². The number of hydrogen-bond donors (Lipinski definition) is 2. The molecule has 0 heterocycles. The van der Waals surface area contributed by atoms with Crippen LogP contribution in [0.3, 0.4) is 0 Å².